The molecule has 0 spiro atoms. The molecule has 0 radical (unpaired) electrons. The number of hydrogen-bond donors (Lipinski definition) is 1. The van der Waals surface area contributed by atoms with E-state index in [0.717, 1.165) is 34.9 Å². The molecule has 1 unspecified atom stereocenters. The van der Waals surface area contributed by atoms with E-state index in [1.165, 1.54) is 12.1 Å². The van der Waals surface area contributed by atoms with Gasteiger partial charge in [0.1, 0.15) is 22.9 Å². The number of carbonyl (C=O) groups excluding carboxylic acids is 2. The molecule has 8 heteroatoms. The first-order valence-electron chi connectivity index (χ1n) is 15.8. The molecule has 0 fully saturated rings. The minimum atomic E-state index is -1.10. The lowest BCUT2D eigenvalue weighted by atomic mass is 9.78. The van der Waals surface area contributed by atoms with Gasteiger partial charge in [0.25, 0.3) is 5.69 Å². The maximum atomic E-state index is 13.6. The van der Waals surface area contributed by atoms with Crippen molar-refractivity contribution < 1.29 is 24.4 Å². The predicted octanol–water partition coefficient (Wildman–Crippen LogP) is 8.77. The molecule has 1 atom stereocenters. The summed E-state index contributed by atoms with van der Waals surface area (Å²) in [5.74, 6) is -0.885. The van der Waals surface area contributed by atoms with E-state index in [9.17, 15) is 24.8 Å². The maximum Gasteiger partial charge on any atom is 0.270 e. The monoisotopic (exact) mass is 630 g/mol. The lowest BCUT2D eigenvalue weighted by molar-refractivity contribution is -0.384. The molecule has 0 saturated heterocycles. The van der Waals surface area contributed by atoms with Gasteiger partial charge in [0.15, 0.2) is 11.6 Å². The van der Waals surface area contributed by atoms with Crippen LogP contribution in [-0.2, 0) is 17.3 Å². The number of rotatable bonds is 7. The van der Waals surface area contributed by atoms with E-state index in [2.05, 4.69) is 53.7 Å². The molecule has 1 aliphatic carbocycles. The van der Waals surface area contributed by atoms with Gasteiger partial charge in [0, 0.05) is 28.6 Å². The molecular formula is C39H38N2O6. The van der Waals surface area contributed by atoms with Crippen LogP contribution in [0.3, 0.4) is 0 Å². The van der Waals surface area contributed by atoms with Crippen LogP contribution in [0, 0.1) is 10.1 Å². The summed E-state index contributed by atoms with van der Waals surface area (Å²) < 4.78 is 6.24. The van der Waals surface area contributed by atoms with Gasteiger partial charge in [0.05, 0.1) is 17.2 Å². The number of aryl methyl sites for hydroxylation is 1. The van der Waals surface area contributed by atoms with E-state index in [1.807, 2.05) is 24.3 Å². The Balaban J connectivity index is 1.23. The number of ether oxygens (including phenoxy) is 1. The number of carbonyl (C=O) groups is 2. The summed E-state index contributed by atoms with van der Waals surface area (Å²) in [6.07, 6.45) is 1.49. The van der Waals surface area contributed by atoms with Crippen LogP contribution < -0.4 is 4.74 Å². The van der Waals surface area contributed by atoms with Gasteiger partial charge in [-0.25, -0.2) is 4.98 Å². The van der Waals surface area contributed by atoms with E-state index < -0.39 is 10.8 Å². The van der Waals surface area contributed by atoms with Crippen molar-refractivity contribution in [2.45, 2.75) is 71.1 Å². The molecule has 1 aromatic heterocycles. The van der Waals surface area contributed by atoms with Crippen LogP contribution in [0.4, 0.5) is 5.69 Å². The SMILES string of the molecule is CC(C)(C)c1cc(CCCOc2cccc3ccc(C4C(=O)c5cc6ccc([N+](=O)[O-])cc6cc5C4=O)nc23)cc(C(C)(C)C)c1O. The summed E-state index contributed by atoms with van der Waals surface area (Å²) in [7, 11) is 0. The Kier molecular flexibility index (Phi) is 7.86. The summed E-state index contributed by atoms with van der Waals surface area (Å²) in [6.45, 7) is 13.0. The highest BCUT2D eigenvalue weighted by molar-refractivity contribution is 6.30. The third-order valence-electron chi connectivity index (χ3n) is 8.88. The Morgan fingerprint density at radius 2 is 1.43 bits per heavy atom. The number of benzene rings is 4. The van der Waals surface area contributed by atoms with Crippen molar-refractivity contribution in [2.24, 2.45) is 0 Å². The van der Waals surface area contributed by atoms with E-state index in [1.54, 1.807) is 24.3 Å². The standard InChI is InChI=1S/C39H38N2O6/c1-38(2,3)29-17-22(18-30(37(29)44)39(4,5)6)9-8-16-47-32-11-7-10-23-13-15-31(40-34(23)32)33-35(42)27-20-24-12-14-26(41(45)46)19-25(24)21-28(27)36(33)43/h7,10-15,17-21,33,44H,8-9,16H2,1-6H3. The Bertz CT molecular complexity index is 2070. The summed E-state index contributed by atoms with van der Waals surface area (Å²) in [4.78, 5) is 42.7. The van der Waals surface area contributed by atoms with Gasteiger partial charge < -0.3 is 9.84 Å². The summed E-state index contributed by atoms with van der Waals surface area (Å²) in [5.41, 5.74) is 3.95. The van der Waals surface area contributed by atoms with Crippen LogP contribution in [0.1, 0.15) is 97.0 Å². The van der Waals surface area contributed by atoms with Crippen molar-refractivity contribution >= 4 is 38.9 Å². The van der Waals surface area contributed by atoms with Crippen LogP contribution in [0.25, 0.3) is 21.7 Å². The highest BCUT2D eigenvalue weighted by atomic mass is 16.6. The minimum Gasteiger partial charge on any atom is -0.507 e. The first-order chi connectivity index (χ1) is 22.1. The topological polar surface area (TPSA) is 120 Å². The number of nitrogens with zero attached hydrogens (tertiary/aromatic N) is 2. The van der Waals surface area contributed by atoms with Gasteiger partial charge in [-0.2, -0.15) is 0 Å². The number of fused-ring (bicyclic) bond motifs is 3. The van der Waals surface area contributed by atoms with Gasteiger partial charge in [0.2, 0.25) is 0 Å². The number of aromatic hydroxyl groups is 1. The molecule has 47 heavy (non-hydrogen) atoms. The van der Waals surface area contributed by atoms with Gasteiger partial charge in [-0.15, -0.1) is 0 Å². The number of ketones is 2. The molecule has 8 nitrogen and oxygen atoms in total. The maximum absolute atomic E-state index is 13.6. The molecule has 0 amide bonds. The number of non-ortho nitro benzene ring substituents is 1. The van der Waals surface area contributed by atoms with Crippen LogP contribution >= 0.6 is 0 Å². The normalized spacial score (nSPS) is 15.0. The third kappa shape index (κ3) is 5.96. The Hall–Kier alpha value is -5.11. The molecule has 240 valence electrons. The second-order valence-corrected chi connectivity index (χ2v) is 14.4. The van der Waals surface area contributed by atoms with Crippen LogP contribution in [-0.4, -0.2) is 33.2 Å². The zero-order chi connectivity index (χ0) is 33.8. The molecular weight excluding hydrogens is 592 g/mol. The lowest BCUT2D eigenvalue weighted by Gasteiger charge is -2.28. The minimum absolute atomic E-state index is 0.0816. The number of para-hydroxylation sites is 1. The van der Waals surface area contributed by atoms with E-state index in [-0.39, 0.29) is 33.6 Å². The van der Waals surface area contributed by atoms with Crippen molar-refractivity contribution in [1.82, 2.24) is 4.98 Å². The average molecular weight is 631 g/mol. The Morgan fingerprint density at radius 1 is 0.809 bits per heavy atom. The van der Waals surface area contributed by atoms with Crippen LogP contribution in [0.5, 0.6) is 11.5 Å². The molecule has 4 aromatic carbocycles. The van der Waals surface area contributed by atoms with E-state index in [4.69, 9.17) is 9.72 Å². The summed E-state index contributed by atoms with van der Waals surface area (Å²) in [5, 5.41) is 24.3. The van der Waals surface area contributed by atoms with Crippen molar-refractivity contribution in [1.29, 1.82) is 0 Å². The number of phenols is 1. The van der Waals surface area contributed by atoms with E-state index in [0.29, 0.717) is 45.7 Å². The molecule has 0 bridgehead atoms. The molecule has 6 rings (SSSR count). The number of nitro groups is 1. The summed E-state index contributed by atoms with van der Waals surface area (Å²) >= 11 is 0. The highest BCUT2D eigenvalue weighted by Crippen LogP contribution is 2.41. The largest absolute Gasteiger partial charge is 0.507 e. The molecule has 1 heterocycles. The number of Topliss-reactive ketones (excluding diaryl/α,β-unsaturated/α-hetero) is 2. The molecule has 1 N–H and O–H groups in total. The van der Waals surface area contributed by atoms with E-state index >= 15 is 0 Å². The number of pyridine rings is 1. The highest BCUT2D eigenvalue weighted by Gasteiger charge is 2.41. The van der Waals surface area contributed by atoms with Crippen molar-refractivity contribution in [3.8, 4) is 11.5 Å². The zero-order valence-electron chi connectivity index (χ0n) is 27.5. The van der Waals surface area contributed by atoms with Gasteiger partial charge in [-0.3, -0.25) is 19.7 Å². The predicted molar refractivity (Wildman–Crippen MR) is 183 cm³/mol. The first-order valence-corrected chi connectivity index (χ1v) is 15.8. The van der Waals surface area contributed by atoms with Crippen molar-refractivity contribution in [3.63, 3.8) is 0 Å². The average Bonchev–Trinajstić information content (AvgIpc) is 3.25. The Labute approximate surface area is 273 Å². The smallest absolute Gasteiger partial charge is 0.270 e. The second-order valence-electron chi connectivity index (χ2n) is 14.4. The fourth-order valence-corrected chi connectivity index (χ4v) is 6.36. The van der Waals surface area contributed by atoms with Crippen molar-refractivity contribution in [2.75, 3.05) is 6.61 Å². The number of aromatic nitrogens is 1. The quantitative estimate of drug-likeness (QED) is 0.0826. The fraction of sp³-hybridized carbons (Fsp3) is 0.308. The molecule has 1 aliphatic rings. The van der Waals surface area contributed by atoms with Gasteiger partial charge >= 0.3 is 0 Å². The van der Waals surface area contributed by atoms with Crippen LogP contribution in [0.15, 0.2) is 72.8 Å². The second kappa shape index (κ2) is 11.6. The Morgan fingerprint density at radius 3 is 2.04 bits per heavy atom. The number of phenolic OH excluding ortho intramolecular Hbond substituents is 1. The molecule has 5 aromatic rings. The zero-order valence-corrected chi connectivity index (χ0v) is 27.5. The third-order valence-corrected chi connectivity index (χ3v) is 8.88. The molecule has 0 saturated carbocycles. The lowest BCUT2D eigenvalue weighted by Crippen LogP contribution is -2.18. The number of hydrogen-bond acceptors (Lipinski definition) is 7. The van der Waals surface area contributed by atoms with Crippen LogP contribution in [0.2, 0.25) is 0 Å². The van der Waals surface area contributed by atoms with Crippen molar-refractivity contribution in [3.05, 3.63) is 116 Å². The number of nitro benzene ring substituents is 1. The fourth-order valence-electron chi connectivity index (χ4n) is 6.36. The first kappa shape index (κ1) is 31.9. The van der Waals surface area contributed by atoms with Gasteiger partial charge in [-0.1, -0.05) is 71.9 Å². The molecule has 0 aliphatic heterocycles. The van der Waals surface area contributed by atoms with Gasteiger partial charge in [-0.05, 0) is 81.5 Å². The summed E-state index contributed by atoms with van der Waals surface area (Å²) in [6, 6.07) is 20.9.